The van der Waals surface area contributed by atoms with Crippen LogP contribution in [0.1, 0.15) is 19.4 Å². The minimum absolute atomic E-state index is 0.0543. The van der Waals surface area contributed by atoms with Gasteiger partial charge in [-0.15, -0.1) is 0 Å². The lowest BCUT2D eigenvalue weighted by molar-refractivity contribution is -0.125. The Morgan fingerprint density at radius 3 is 2.52 bits per heavy atom. The summed E-state index contributed by atoms with van der Waals surface area (Å²) in [7, 11) is -0.0516. The van der Waals surface area contributed by atoms with E-state index in [1.165, 1.54) is 18.2 Å². The van der Waals surface area contributed by atoms with Crippen molar-refractivity contribution >= 4 is 44.0 Å². The number of hydrogen-bond donors (Lipinski definition) is 3. The highest BCUT2D eigenvalue weighted by Crippen LogP contribution is 2.34. The van der Waals surface area contributed by atoms with E-state index in [0.29, 0.717) is 23.5 Å². The summed E-state index contributed by atoms with van der Waals surface area (Å²) in [5, 5.41) is 6.75. The molecule has 1 unspecified atom stereocenters. The Morgan fingerprint density at radius 2 is 1.84 bits per heavy atom. The lowest BCUT2D eigenvalue weighted by Crippen LogP contribution is -2.60. The van der Waals surface area contributed by atoms with Gasteiger partial charge in [-0.1, -0.05) is 18.2 Å². The van der Waals surface area contributed by atoms with Crippen molar-refractivity contribution in [2.24, 2.45) is 0 Å². The number of rotatable bonds is 9. The third-order valence-electron chi connectivity index (χ3n) is 8.27. The van der Waals surface area contributed by atoms with Gasteiger partial charge in [0, 0.05) is 61.9 Å². The van der Waals surface area contributed by atoms with Crippen LogP contribution in [0, 0.1) is 12.7 Å². The molecule has 234 valence electrons. The van der Waals surface area contributed by atoms with E-state index in [0.717, 1.165) is 41.4 Å². The van der Waals surface area contributed by atoms with Crippen molar-refractivity contribution in [2.75, 3.05) is 50.7 Å². The Hall–Kier alpha value is -3.91. The van der Waals surface area contributed by atoms with Crippen LogP contribution in [0.4, 0.5) is 21.7 Å². The predicted molar refractivity (Wildman–Crippen MR) is 169 cm³/mol. The number of methoxy groups -OCH3 is 1. The molecule has 0 aliphatic carbocycles. The van der Waals surface area contributed by atoms with Crippen LogP contribution in [0.25, 0.3) is 22.2 Å². The summed E-state index contributed by atoms with van der Waals surface area (Å²) in [6.07, 6.45) is 4.37. The van der Waals surface area contributed by atoms with E-state index < -0.39 is 26.6 Å². The number of ether oxygens (including phenoxy) is 1. The molecular formula is C31H38FN7O4S. The molecule has 13 heteroatoms. The zero-order valence-corrected chi connectivity index (χ0v) is 26.5. The Balaban J connectivity index is 1.43. The first-order chi connectivity index (χ1) is 20.9. The minimum Gasteiger partial charge on any atom is -0.383 e. The van der Waals surface area contributed by atoms with Gasteiger partial charge in [-0.2, -0.15) is 0 Å². The second-order valence-electron chi connectivity index (χ2n) is 11.4. The Bertz CT molecular complexity index is 1780. The second kappa shape index (κ2) is 12.6. The number of nitrogens with one attached hydrogen (secondary N) is 3. The van der Waals surface area contributed by atoms with E-state index in [1.54, 1.807) is 19.5 Å². The number of aromatic nitrogens is 3. The maximum Gasteiger partial charge on any atom is 0.244 e. The molecule has 44 heavy (non-hydrogen) atoms. The summed E-state index contributed by atoms with van der Waals surface area (Å²) >= 11 is 0. The number of amides is 1. The summed E-state index contributed by atoms with van der Waals surface area (Å²) in [4.78, 5) is 30.0. The average Bonchev–Trinajstić information content (AvgIpc) is 3.40. The maximum absolute atomic E-state index is 15.0. The molecule has 11 nitrogen and oxygen atoms in total. The number of anilines is 3. The number of nitrogens with zero attached hydrogens (tertiary/aromatic N) is 4. The third kappa shape index (κ3) is 6.32. The largest absolute Gasteiger partial charge is 0.383 e. The van der Waals surface area contributed by atoms with E-state index in [2.05, 4.69) is 56.3 Å². The summed E-state index contributed by atoms with van der Waals surface area (Å²) in [6, 6.07) is 9.87. The molecule has 1 amide bonds. The number of halogens is 1. The van der Waals surface area contributed by atoms with E-state index >= 15 is 0 Å². The molecule has 4 aromatic rings. The van der Waals surface area contributed by atoms with Gasteiger partial charge in [-0.3, -0.25) is 14.6 Å². The number of aromatic amines is 1. The summed E-state index contributed by atoms with van der Waals surface area (Å²) in [5.74, 6) is -0.949. The van der Waals surface area contributed by atoms with E-state index in [1.807, 2.05) is 25.1 Å². The molecule has 0 bridgehead atoms. The van der Waals surface area contributed by atoms with Gasteiger partial charge in [-0.25, -0.2) is 22.8 Å². The van der Waals surface area contributed by atoms with Crippen LogP contribution in [0.3, 0.4) is 0 Å². The lowest BCUT2D eigenvalue weighted by Gasteiger charge is -2.44. The number of carbonyl (C=O) groups excluding carboxylic acids is 1. The number of para-hydroxylation sites is 1. The zero-order chi connectivity index (χ0) is 31.8. The Labute approximate surface area is 256 Å². The standard InChI is InChI=1S/C31H38FN7O4S/c1-18-13-34-31(36-23-10-8-12-26(27(23)32)44(6,41)42)37-28(18)22-14-33-29-21(22)9-7-11-24(29)35-30(40)25(17-43-5)39-15-19(2)38(4)20(3)16-39/h7-14,19-20,25,33H,15-17H2,1-6H3,(H,35,40)(H,34,36,37)/t19-,20-,25?/m0/s1. The van der Waals surface area contributed by atoms with Gasteiger partial charge >= 0.3 is 0 Å². The van der Waals surface area contributed by atoms with Crippen LogP contribution in [-0.2, 0) is 19.4 Å². The van der Waals surface area contributed by atoms with Crippen LogP contribution in [-0.4, -0.2) is 97.3 Å². The van der Waals surface area contributed by atoms with E-state index in [4.69, 9.17) is 4.74 Å². The fraction of sp³-hybridized carbons (Fsp3) is 0.387. The molecule has 3 N–H and O–H groups in total. The highest BCUT2D eigenvalue weighted by molar-refractivity contribution is 7.90. The second-order valence-corrected chi connectivity index (χ2v) is 13.4. The molecule has 1 fully saturated rings. The predicted octanol–water partition coefficient (Wildman–Crippen LogP) is 4.20. The van der Waals surface area contributed by atoms with Gasteiger partial charge in [0.05, 0.1) is 29.2 Å². The summed E-state index contributed by atoms with van der Waals surface area (Å²) < 4.78 is 44.4. The van der Waals surface area contributed by atoms with Crippen LogP contribution in [0.5, 0.6) is 0 Å². The molecule has 2 aromatic heterocycles. The van der Waals surface area contributed by atoms with Gasteiger partial charge in [0.1, 0.15) is 10.9 Å². The average molecular weight is 624 g/mol. The highest BCUT2D eigenvalue weighted by Gasteiger charge is 2.34. The molecule has 1 saturated heterocycles. The quantitative estimate of drug-likeness (QED) is 0.251. The van der Waals surface area contributed by atoms with Crippen molar-refractivity contribution in [1.29, 1.82) is 0 Å². The topological polar surface area (TPSA) is 133 Å². The molecule has 3 heterocycles. The maximum atomic E-state index is 15.0. The van der Waals surface area contributed by atoms with E-state index in [-0.39, 0.29) is 24.1 Å². The molecule has 1 aliphatic heterocycles. The minimum atomic E-state index is -3.76. The van der Waals surface area contributed by atoms with Crippen molar-refractivity contribution in [1.82, 2.24) is 24.8 Å². The molecular weight excluding hydrogens is 585 g/mol. The van der Waals surface area contributed by atoms with Crippen LogP contribution in [0.2, 0.25) is 0 Å². The van der Waals surface area contributed by atoms with Gasteiger partial charge in [-0.05, 0) is 51.6 Å². The first kappa shape index (κ1) is 31.5. The van der Waals surface area contributed by atoms with E-state index in [9.17, 15) is 17.6 Å². The first-order valence-corrected chi connectivity index (χ1v) is 16.2. The van der Waals surface area contributed by atoms with Crippen molar-refractivity contribution in [3.63, 3.8) is 0 Å². The number of aryl methyl sites for hydroxylation is 1. The summed E-state index contributed by atoms with van der Waals surface area (Å²) in [6.45, 7) is 7.96. The molecule has 2 aromatic carbocycles. The number of fused-ring (bicyclic) bond motifs is 1. The van der Waals surface area contributed by atoms with Gasteiger partial charge in [0.25, 0.3) is 0 Å². The Morgan fingerprint density at radius 1 is 1.16 bits per heavy atom. The van der Waals surface area contributed by atoms with Crippen molar-refractivity contribution in [3.8, 4) is 11.3 Å². The normalized spacial score (nSPS) is 18.8. The van der Waals surface area contributed by atoms with Crippen LogP contribution >= 0.6 is 0 Å². The molecule has 0 saturated carbocycles. The molecule has 0 radical (unpaired) electrons. The summed E-state index contributed by atoms with van der Waals surface area (Å²) in [5.41, 5.74) is 3.43. The number of piperazine rings is 1. The number of sulfone groups is 1. The molecule has 0 spiro atoms. The smallest absolute Gasteiger partial charge is 0.244 e. The van der Waals surface area contributed by atoms with Gasteiger partial charge in [0.2, 0.25) is 11.9 Å². The number of carbonyl (C=O) groups is 1. The number of H-pyrrole nitrogens is 1. The lowest BCUT2D eigenvalue weighted by atomic mass is 10.1. The van der Waals surface area contributed by atoms with Gasteiger partial charge < -0.3 is 20.4 Å². The van der Waals surface area contributed by atoms with Crippen molar-refractivity contribution in [3.05, 3.63) is 60.2 Å². The van der Waals surface area contributed by atoms with Gasteiger partial charge in [0.15, 0.2) is 15.7 Å². The number of likely N-dealkylation sites (N-methyl/N-ethyl adjacent to an activating group) is 1. The molecule has 5 rings (SSSR count). The number of hydrogen-bond acceptors (Lipinski definition) is 9. The third-order valence-corrected chi connectivity index (χ3v) is 9.38. The molecule has 1 aliphatic rings. The van der Waals surface area contributed by atoms with Crippen molar-refractivity contribution in [2.45, 2.75) is 43.8 Å². The molecule has 3 atom stereocenters. The fourth-order valence-electron chi connectivity index (χ4n) is 5.66. The SMILES string of the molecule is COCC(C(=O)Nc1cccc2c(-c3nc(Nc4cccc(S(C)(=O)=O)c4F)ncc3C)c[nH]c12)N1C[C@H](C)N(C)[C@@H](C)C1. The number of benzene rings is 2. The zero-order valence-electron chi connectivity index (χ0n) is 25.7. The van der Waals surface area contributed by atoms with Crippen LogP contribution < -0.4 is 10.6 Å². The van der Waals surface area contributed by atoms with Crippen LogP contribution in [0.15, 0.2) is 53.7 Å². The highest BCUT2D eigenvalue weighted by atomic mass is 32.2. The van der Waals surface area contributed by atoms with Crippen molar-refractivity contribution < 1.29 is 22.3 Å². The Kier molecular flexibility index (Phi) is 9.02. The fourth-order valence-corrected chi connectivity index (χ4v) is 6.43. The monoisotopic (exact) mass is 623 g/mol. The first-order valence-electron chi connectivity index (χ1n) is 14.3.